The van der Waals surface area contributed by atoms with Crippen molar-refractivity contribution < 1.29 is 34.1 Å². The van der Waals surface area contributed by atoms with Crippen molar-refractivity contribution in [3.05, 3.63) is 106 Å². The van der Waals surface area contributed by atoms with Crippen molar-refractivity contribution in [2.75, 3.05) is 14.2 Å². The maximum absolute atomic E-state index is 12.4. The number of aliphatic hydroxyl groups is 1. The molecule has 0 fully saturated rings. The molecule has 0 unspecified atom stereocenters. The summed E-state index contributed by atoms with van der Waals surface area (Å²) in [5.41, 5.74) is 2.56. The number of phenolic OH excluding ortho intramolecular Hbond substituents is 1. The van der Waals surface area contributed by atoms with Gasteiger partial charge in [-0.1, -0.05) is 66.2 Å². The summed E-state index contributed by atoms with van der Waals surface area (Å²) in [7, 11) is 2.92. The van der Waals surface area contributed by atoms with Gasteiger partial charge in [0.05, 0.1) is 14.2 Å². The van der Waals surface area contributed by atoms with Gasteiger partial charge in [0.1, 0.15) is 28.6 Å². The molecule has 0 saturated carbocycles. The Hall–Kier alpha value is -4.65. The molecule has 0 heterocycles. The van der Waals surface area contributed by atoms with Crippen LogP contribution in [0.4, 0.5) is 0 Å². The number of hydrogen-bond donors (Lipinski definition) is 2. The number of allylic oxidation sites excluding steroid dienone is 3. The molecule has 0 radical (unpaired) electrons. The molecule has 0 spiro atoms. The molecule has 2 N–H and O–H groups in total. The van der Waals surface area contributed by atoms with E-state index in [4.69, 9.17) is 9.47 Å². The van der Waals surface area contributed by atoms with Gasteiger partial charge in [0.2, 0.25) is 17.3 Å². The normalized spacial score (nSPS) is 12.2. The first-order valence-electron chi connectivity index (χ1n) is 11.5. The molecule has 7 nitrogen and oxygen atoms in total. The molecule has 4 rings (SSSR count). The first kappa shape index (κ1) is 26.9. The second-order valence-electron chi connectivity index (χ2n) is 8.44. The van der Waals surface area contributed by atoms with Crippen LogP contribution in [0.2, 0.25) is 0 Å². The van der Waals surface area contributed by atoms with Crippen LogP contribution in [-0.4, -0.2) is 41.8 Å². The van der Waals surface area contributed by atoms with Crippen molar-refractivity contribution in [2.24, 2.45) is 0 Å². The number of phenols is 1. The van der Waals surface area contributed by atoms with Crippen LogP contribution in [0, 0.1) is 0 Å². The zero-order chi connectivity index (χ0) is 27.1. The van der Waals surface area contributed by atoms with Gasteiger partial charge in [-0.05, 0) is 20.3 Å². The Labute approximate surface area is 215 Å². The van der Waals surface area contributed by atoms with Crippen molar-refractivity contribution in [3.63, 3.8) is 0 Å². The lowest BCUT2D eigenvalue weighted by molar-refractivity contribution is -0.112. The van der Waals surface area contributed by atoms with Crippen molar-refractivity contribution in [3.8, 4) is 17.2 Å². The fourth-order valence-electron chi connectivity index (χ4n) is 3.73. The van der Waals surface area contributed by atoms with E-state index in [1.54, 1.807) is 54.6 Å². The van der Waals surface area contributed by atoms with Crippen molar-refractivity contribution >= 4 is 23.1 Å². The lowest BCUT2D eigenvalue weighted by atomic mass is 9.87. The highest BCUT2D eigenvalue weighted by Gasteiger charge is 2.31. The topological polar surface area (TPSA) is 110 Å². The second-order valence-corrected chi connectivity index (χ2v) is 8.44. The van der Waals surface area contributed by atoms with Crippen molar-refractivity contribution in [1.29, 1.82) is 0 Å². The molecular weight excluding hydrogens is 472 g/mol. The smallest absolute Gasteiger partial charge is 0.234 e. The van der Waals surface area contributed by atoms with Crippen LogP contribution < -0.4 is 9.47 Å². The Bertz CT molecular complexity index is 1390. The Morgan fingerprint density at radius 2 is 1.46 bits per heavy atom. The number of ketones is 3. The number of aliphatic hydroxyl groups excluding tert-OH is 1. The zero-order valence-electron chi connectivity index (χ0n) is 21.1. The summed E-state index contributed by atoms with van der Waals surface area (Å²) in [6.07, 6.45) is 2.11. The molecule has 3 aromatic rings. The number of methoxy groups -OCH3 is 2. The number of carbonyl (C=O) groups is 3. The van der Waals surface area contributed by atoms with Crippen molar-refractivity contribution in [1.82, 2.24) is 0 Å². The van der Waals surface area contributed by atoms with E-state index in [0.717, 1.165) is 5.57 Å². The van der Waals surface area contributed by atoms with E-state index in [2.05, 4.69) is 0 Å². The number of fused-ring (bicyclic) bond motifs is 1. The molecule has 0 saturated heterocycles. The second kappa shape index (κ2) is 11.9. The zero-order valence-corrected chi connectivity index (χ0v) is 21.1. The van der Waals surface area contributed by atoms with Crippen LogP contribution in [0.15, 0.2) is 84.0 Å². The highest BCUT2D eigenvalue weighted by atomic mass is 16.5. The molecule has 0 aromatic heterocycles. The maximum atomic E-state index is 12.4. The number of rotatable bonds is 6. The summed E-state index contributed by atoms with van der Waals surface area (Å²) in [5.74, 6) is -0.968. The molecule has 0 aliphatic heterocycles. The first-order valence-corrected chi connectivity index (χ1v) is 11.5. The molecule has 37 heavy (non-hydrogen) atoms. The third kappa shape index (κ3) is 5.95. The van der Waals surface area contributed by atoms with Crippen LogP contribution >= 0.6 is 0 Å². The number of hydrogen-bond acceptors (Lipinski definition) is 7. The van der Waals surface area contributed by atoms with E-state index in [-0.39, 0.29) is 46.2 Å². The van der Waals surface area contributed by atoms with E-state index in [0.29, 0.717) is 16.9 Å². The first-order chi connectivity index (χ1) is 17.7. The fraction of sp³-hybridized carbons (Fsp3) is 0.167. The highest BCUT2D eigenvalue weighted by Crippen LogP contribution is 2.35. The van der Waals surface area contributed by atoms with Gasteiger partial charge in [-0.2, -0.15) is 0 Å². The Kier molecular flexibility index (Phi) is 8.64. The van der Waals surface area contributed by atoms with Gasteiger partial charge in [-0.3, -0.25) is 14.4 Å². The summed E-state index contributed by atoms with van der Waals surface area (Å²) in [5, 5.41) is 20.1. The molecular formula is C30H28O7. The average molecular weight is 501 g/mol. The maximum Gasteiger partial charge on any atom is 0.234 e. The van der Waals surface area contributed by atoms with E-state index < -0.39 is 11.6 Å². The lowest BCUT2D eigenvalue weighted by Crippen LogP contribution is -2.23. The van der Waals surface area contributed by atoms with Gasteiger partial charge in [0.25, 0.3) is 0 Å². The number of Topliss-reactive ketones (excluding diaryl/α,β-unsaturated/α-hetero) is 2. The third-order valence-electron chi connectivity index (χ3n) is 5.68. The van der Waals surface area contributed by atoms with Crippen LogP contribution in [0.5, 0.6) is 17.2 Å². The van der Waals surface area contributed by atoms with E-state index in [9.17, 15) is 24.6 Å². The largest absolute Gasteiger partial charge is 0.507 e. The minimum atomic E-state index is -0.608. The number of carbonyl (C=O) groups excluding carboxylic acids is 3. The van der Waals surface area contributed by atoms with E-state index >= 15 is 0 Å². The average Bonchev–Trinajstić information content (AvgIpc) is 2.91. The van der Waals surface area contributed by atoms with E-state index in [1.165, 1.54) is 20.3 Å². The van der Waals surface area contributed by atoms with Gasteiger partial charge in [-0.25, -0.2) is 0 Å². The molecule has 1 aliphatic carbocycles. The van der Waals surface area contributed by atoms with Crippen LogP contribution in [0.1, 0.15) is 52.1 Å². The number of aromatic hydroxyl groups is 1. The number of benzene rings is 3. The fourth-order valence-corrected chi connectivity index (χ4v) is 3.73. The minimum absolute atomic E-state index is 0.0762. The van der Waals surface area contributed by atoms with Gasteiger partial charge < -0.3 is 19.7 Å². The van der Waals surface area contributed by atoms with Gasteiger partial charge in [0, 0.05) is 34.4 Å². The lowest BCUT2D eigenvalue weighted by Gasteiger charge is -2.16. The number of ether oxygens (including phenoxy) is 2. The molecule has 3 aromatic carbocycles. The summed E-state index contributed by atoms with van der Waals surface area (Å²) in [6, 6.07) is 18.3. The highest BCUT2D eigenvalue weighted by molar-refractivity contribution is 6.52. The van der Waals surface area contributed by atoms with Gasteiger partial charge in [0.15, 0.2) is 0 Å². The summed E-state index contributed by atoms with van der Waals surface area (Å²) in [4.78, 5) is 36.2. The van der Waals surface area contributed by atoms with Gasteiger partial charge in [-0.15, -0.1) is 0 Å². The summed E-state index contributed by atoms with van der Waals surface area (Å²) >= 11 is 0. The Balaban J connectivity index is 0.000000206. The van der Waals surface area contributed by atoms with Crippen LogP contribution in [0.25, 0.3) is 5.76 Å². The predicted octanol–water partition coefficient (Wildman–Crippen LogP) is 5.72. The Morgan fingerprint density at radius 3 is 2.05 bits per heavy atom. The molecule has 190 valence electrons. The van der Waals surface area contributed by atoms with E-state index in [1.807, 2.05) is 26.0 Å². The molecule has 1 aliphatic rings. The molecule has 7 heteroatoms. The Morgan fingerprint density at radius 1 is 0.838 bits per heavy atom. The SMILES string of the molecule is CC(C)=CCC1=C(O)c2ccccc2C(=O)C1=O.COc1cc(O)c(C(=O)c2ccccc2)c(OC)c1. The monoisotopic (exact) mass is 500 g/mol. The van der Waals surface area contributed by atoms with Crippen LogP contribution in [0.3, 0.4) is 0 Å². The molecule has 0 atom stereocenters. The quantitative estimate of drug-likeness (QED) is 0.253. The van der Waals surface area contributed by atoms with Crippen LogP contribution in [-0.2, 0) is 4.79 Å². The standard InChI is InChI=1S/C15H14O4.C15H14O3/c1-18-11-8-12(16)14(13(9-11)19-2)15(17)10-6-4-3-5-7-10;1-9(2)7-8-12-13(16)10-5-3-4-6-11(10)14(17)15(12)18/h3-9,16H,1-2H3;3-7,16H,8H2,1-2H3. The van der Waals surface area contributed by atoms with Gasteiger partial charge >= 0.3 is 0 Å². The van der Waals surface area contributed by atoms with Crippen molar-refractivity contribution in [2.45, 2.75) is 20.3 Å². The predicted molar refractivity (Wildman–Crippen MR) is 140 cm³/mol. The summed E-state index contributed by atoms with van der Waals surface area (Å²) in [6.45, 7) is 3.81. The molecule has 0 amide bonds. The minimum Gasteiger partial charge on any atom is -0.507 e. The molecule has 0 bridgehead atoms. The third-order valence-corrected chi connectivity index (χ3v) is 5.68. The summed E-state index contributed by atoms with van der Waals surface area (Å²) < 4.78 is 10.2.